The van der Waals surface area contributed by atoms with Gasteiger partial charge >= 0.3 is 5.69 Å². The van der Waals surface area contributed by atoms with Crippen LogP contribution in [0.1, 0.15) is 50.6 Å². The zero-order valence-corrected chi connectivity index (χ0v) is 17.2. The molecule has 0 radical (unpaired) electrons. The van der Waals surface area contributed by atoms with Gasteiger partial charge in [0.1, 0.15) is 0 Å². The van der Waals surface area contributed by atoms with E-state index >= 15 is 0 Å². The van der Waals surface area contributed by atoms with Crippen LogP contribution in [0.5, 0.6) is 0 Å². The molecule has 1 amide bonds. The molecule has 0 spiro atoms. The number of rotatable bonds is 5. The number of likely N-dealkylation sites (tertiary alicyclic amines) is 1. The lowest BCUT2D eigenvalue weighted by atomic mass is 9.84. The van der Waals surface area contributed by atoms with E-state index in [4.69, 9.17) is 0 Å². The minimum atomic E-state index is -0.103. The molecule has 4 rings (SSSR count). The summed E-state index contributed by atoms with van der Waals surface area (Å²) < 4.78 is 1.88. The molecule has 5 nitrogen and oxygen atoms in total. The molecule has 3 aromatic rings. The molecular formula is C24H29N3O2. The van der Waals surface area contributed by atoms with Gasteiger partial charge in [-0.15, -0.1) is 0 Å². The number of nitrogens with zero attached hydrogens (tertiary/aromatic N) is 2. The van der Waals surface area contributed by atoms with E-state index in [-0.39, 0.29) is 23.6 Å². The van der Waals surface area contributed by atoms with Gasteiger partial charge in [-0.05, 0) is 36.5 Å². The van der Waals surface area contributed by atoms with Gasteiger partial charge < -0.3 is 9.88 Å². The summed E-state index contributed by atoms with van der Waals surface area (Å²) in [5, 5.41) is 0. The molecule has 1 aliphatic heterocycles. The van der Waals surface area contributed by atoms with Crippen LogP contribution in [-0.4, -0.2) is 33.4 Å². The third-order valence-electron chi connectivity index (χ3n) is 6.40. The number of carbonyl (C=O) groups is 1. The Hall–Kier alpha value is -2.82. The molecule has 0 saturated carbocycles. The molecule has 2 unspecified atom stereocenters. The summed E-state index contributed by atoms with van der Waals surface area (Å²) in [6.07, 6.45) is 2.57. The first kappa shape index (κ1) is 19.5. The standard InChI is InChI=1S/C24H29N3O2/c1-3-17(2)22(18-9-5-4-6-10-18)23(28)26-15-13-19(14-16-26)27-21-12-8-7-11-20(21)25-24(27)29/h4-12,17,19,22H,3,13-16H2,1-2H3,(H,25,29). The maximum atomic E-state index is 13.4. The van der Waals surface area contributed by atoms with Crippen LogP contribution in [0, 0.1) is 5.92 Å². The van der Waals surface area contributed by atoms with E-state index in [0.29, 0.717) is 19.0 Å². The predicted molar refractivity (Wildman–Crippen MR) is 116 cm³/mol. The number of carbonyl (C=O) groups excluding carboxylic acids is 1. The van der Waals surface area contributed by atoms with Crippen molar-refractivity contribution in [1.29, 1.82) is 0 Å². The van der Waals surface area contributed by atoms with Gasteiger partial charge in [-0.3, -0.25) is 9.36 Å². The fourth-order valence-electron chi connectivity index (χ4n) is 4.59. The monoisotopic (exact) mass is 391 g/mol. The molecule has 1 saturated heterocycles. The smallest absolute Gasteiger partial charge is 0.326 e. The van der Waals surface area contributed by atoms with Crippen molar-refractivity contribution in [3.05, 3.63) is 70.6 Å². The molecule has 1 N–H and O–H groups in total. The Morgan fingerprint density at radius 2 is 1.72 bits per heavy atom. The number of aromatic amines is 1. The second-order valence-corrected chi connectivity index (χ2v) is 8.15. The maximum absolute atomic E-state index is 13.4. The van der Waals surface area contributed by atoms with Crippen LogP contribution in [0.4, 0.5) is 0 Å². The predicted octanol–water partition coefficient (Wildman–Crippen LogP) is 4.32. The van der Waals surface area contributed by atoms with E-state index < -0.39 is 0 Å². The minimum Gasteiger partial charge on any atom is -0.342 e. The first-order valence-corrected chi connectivity index (χ1v) is 10.6. The zero-order valence-electron chi connectivity index (χ0n) is 17.2. The van der Waals surface area contributed by atoms with Gasteiger partial charge in [-0.1, -0.05) is 62.7 Å². The van der Waals surface area contributed by atoms with Gasteiger partial charge in [0.2, 0.25) is 5.91 Å². The quantitative estimate of drug-likeness (QED) is 0.704. The van der Waals surface area contributed by atoms with Crippen molar-refractivity contribution in [2.45, 2.75) is 45.1 Å². The Balaban J connectivity index is 1.52. The summed E-state index contributed by atoms with van der Waals surface area (Å²) in [5.74, 6) is 0.405. The molecule has 2 atom stereocenters. The van der Waals surface area contributed by atoms with E-state index in [1.807, 2.05) is 51.9 Å². The number of amides is 1. The van der Waals surface area contributed by atoms with E-state index in [2.05, 4.69) is 31.0 Å². The lowest BCUT2D eigenvalue weighted by Crippen LogP contribution is -2.43. The molecule has 2 aromatic carbocycles. The van der Waals surface area contributed by atoms with Crippen molar-refractivity contribution >= 4 is 16.9 Å². The van der Waals surface area contributed by atoms with Gasteiger partial charge in [-0.25, -0.2) is 4.79 Å². The second kappa shape index (κ2) is 8.27. The second-order valence-electron chi connectivity index (χ2n) is 8.15. The summed E-state index contributed by atoms with van der Waals surface area (Å²) in [6.45, 7) is 5.68. The van der Waals surface area contributed by atoms with Crippen LogP contribution < -0.4 is 5.69 Å². The average Bonchev–Trinajstić information content (AvgIpc) is 3.10. The summed E-state index contributed by atoms with van der Waals surface area (Å²) in [5.41, 5.74) is 2.86. The molecule has 2 heterocycles. The fourth-order valence-corrected chi connectivity index (χ4v) is 4.59. The van der Waals surface area contributed by atoms with Crippen molar-refractivity contribution in [2.75, 3.05) is 13.1 Å². The number of H-pyrrole nitrogens is 1. The Morgan fingerprint density at radius 1 is 1.07 bits per heavy atom. The van der Waals surface area contributed by atoms with Crippen molar-refractivity contribution in [3.63, 3.8) is 0 Å². The van der Waals surface area contributed by atoms with Crippen molar-refractivity contribution in [3.8, 4) is 0 Å². The van der Waals surface area contributed by atoms with E-state index in [1.54, 1.807) is 0 Å². The average molecular weight is 392 g/mol. The zero-order chi connectivity index (χ0) is 20.4. The van der Waals surface area contributed by atoms with Gasteiger partial charge in [0.25, 0.3) is 0 Å². The van der Waals surface area contributed by atoms with Crippen molar-refractivity contribution in [2.24, 2.45) is 5.92 Å². The van der Waals surface area contributed by atoms with Crippen LogP contribution in [0.15, 0.2) is 59.4 Å². The molecule has 1 fully saturated rings. The highest BCUT2D eigenvalue weighted by Gasteiger charge is 2.33. The molecule has 152 valence electrons. The molecule has 1 aliphatic rings. The Kier molecular flexibility index (Phi) is 5.56. The molecule has 29 heavy (non-hydrogen) atoms. The topological polar surface area (TPSA) is 58.1 Å². The number of piperidine rings is 1. The largest absolute Gasteiger partial charge is 0.342 e. The summed E-state index contributed by atoms with van der Waals surface area (Å²) in [4.78, 5) is 30.9. The van der Waals surface area contributed by atoms with Crippen LogP contribution >= 0.6 is 0 Å². The minimum absolute atomic E-state index is 0.0576. The molecular weight excluding hydrogens is 362 g/mol. The number of para-hydroxylation sites is 2. The molecule has 5 heteroatoms. The first-order valence-electron chi connectivity index (χ1n) is 10.6. The third-order valence-corrected chi connectivity index (χ3v) is 6.40. The fraction of sp³-hybridized carbons (Fsp3) is 0.417. The highest BCUT2D eigenvalue weighted by Crippen LogP contribution is 2.32. The van der Waals surface area contributed by atoms with Gasteiger partial charge in [0, 0.05) is 19.1 Å². The Morgan fingerprint density at radius 3 is 2.41 bits per heavy atom. The van der Waals surface area contributed by atoms with E-state index in [9.17, 15) is 9.59 Å². The summed E-state index contributed by atoms with van der Waals surface area (Å²) in [7, 11) is 0. The summed E-state index contributed by atoms with van der Waals surface area (Å²) >= 11 is 0. The molecule has 0 bridgehead atoms. The number of imidazole rings is 1. The highest BCUT2D eigenvalue weighted by atomic mass is 16.2. The van der Waals surface area contributed by atoms with Crippen LogP contribution in [-0.2, 0) is 4.79 Å². The van der Waals surface area contributed by atoms with Crippen molar-refractivity contribution < 1.29 is 4.79 Å². The number of hydrogen-bond donors (Lipinski definition) is 1. The number of fused-ring (bicyclic) bond motifs is 1. The van der Waals surface area contributed by atoms with Crippen LogP contribution in [0.3, 0.4) is 0 Å². The van der Waals surface area contributed by atoms with Crippen LogP contribution in [0.2, 0.25) is 0 Å². The maximum Gasteiger partial charge on any atom is 0.326 e. The first-order chi connectivity index (χ1) is 14.1. The highest BCUT2D eigenvalue weighted by molar-refractivity contribution is 5.84. The molecule has 1 aromatic heterocycles. The number of nitrogens with one attached hydrogen (secondary N) is 1. The number of benzene rings is 2. The number of aromatic nitrogens is 2. The SMILES string of the molecule is CCC(C)C(C(=O)N1CCC(n2c(=O)[nH]c3ccccc32)CC1)c1ccccc1. The lowest BCUT2D eigenvalue weighted by molar-refractivity contribution is -0.135. The third kappa shape index (κ3) is 3.74. The summed E-state index contributed by atoms with van der Waals surface area (Å²) in [6, 6.07) is 18.1. The Bertz CT molecular complexity index is 1030. The normalized spacial score (nSPS) is 17.4. The van der Waals surface area contributed by atoms with E-state index in [0.717, 1.165) is 35.9 Å². The van der Waals surface area contributed by atoms with Gasteiger partial charge in [0.05, 0.1) is 17.0 Å². The molecule has 0 aliphatic carbocycles. The van der Waals surface area contributed by atoms with Crippen LogP contribution in [0.25, 0.3) is 11.0 Å². The van der Waals surface area contributed by atoms with Crippen molar-refractivity contribution in [1.82, 2.24) is 14.5 Å². The lowest BCUT2D eigenvalue weighted by Gasteiger charge is -2.36. The van der Waals surface area contributed by atoms with E-state index in [1.165, 1.54) is 0 Å². The van der Waals surface area contributed by atoms with Gasteiger partial charge in [-0.2, -0.15) is 0 Å². The number of hydrogen-bond acceptors (Lipinski definition) is 2. The Labute approximate surface area is 171 Å². The van der Waals surface area contributed by atoms with Gasteiger partial charge in [0.15, 0.2) is 0 Å².